The van der Waals surface area contributed by atoms with Gasteiger partial charge in [-0.3, -0.25) is 0 Å². The summed E-state index contributed by atoms with van der Waals surface area (Å²) in [6.07, 6.45) is 0. The molecule has 0 bridgehead atoms. The Morgan fingerprint density at radius 1 is 1.23 bits per heavy atom. The highest BCUT2D eigenvalue weighted by molar-refractivity contribution is 5.36. The Morgan fingerprint density at radius 3 is 2.38 bits per heavy atom. The van der Waals surface area contributed by atoms with Gasteiger partial charge in [-0.2, -0.15) is 0 Å². The van der Waals surface area contributed by atoms with E-state index in [1.165, 1.54) is 0 Å². The summed E-state index contributed by atoms with van der Waals surface area (Å²) in [6.45, 7) is 1.89. The first-order valence-electron chi connectivity index (χ1n) is 4.31. The van der Waals surface area contributed by atoms with E-state index in [4.69, 9.17) is 16.2 Å². The summed E-state index contributed by atoms with van der Waals surface area (Å²) in [6, 6.07) is 7.42. The average molecular weight is 180 g/mol. The van der Waals surface area contributed by atoms with E-state index in [2.05, 4.69) is 0 Å². The van der Waals surface area contributed by atoms with Gasteiger partial charge in [0.05, 0.1) is 7.11 Å². The Morgan fingerprint density at radius 2 is 1.85 bits per heavy atom. The van der Waals surface area contributed by atoms with Crippen LogP contribution in [0.2, 0.25) is 0 Å². The third-order valence-electron chi connectivity index (χ3n) is 2.06. The molecule has 4 N–H and O–H groups in total. The van der Waals surface area contributed by atoms with Crippen LogP contribution in [0.1, 0.15) is 18.5 Å². The van der Waals surface area contributed by atoms with Crippen molar-refractivity contribution in [3.63, 3.8) is 0 Å². The number of ether oxygens (including phenoxy) is 1. The van der Waals surface area contributed by atoms with E-state index >= 15 is 0 Å². The third kappa shape index (κ3) is 2.20. The second-order valence-electron chi connectivity index (χ2n) is 3.13. The molecule has 0 aliphatic rings. The molecule has 0 saturated heterocycles. The van der Waals surface area contributed by atoms with Gasteiger partial charge in [0.25, 0.3) is 0 Å². The molecule has 0 saturated carbocycles. The molecule has 3 heteroatoms. The van der Waals surface area contributed by atoms with Crippen LogP contribution in [0, 0.1) is 0 Å². The summed E-state index contributed by atoms with van der Waals surface area (Å²) >= 11 is 0. The van der Waals surface area contributed by atoms with Crippen molar-refractivity contribution in [1.82, 2.24) is 0 Å². The zero-order chi connectivity index (χ0) is 9.84. The molecule has 0 spiro atoms. The molecule has 0 amide bonds. The fourth-order valence-electron chi connectivity index (χ4n) is 1.23. The maximum absolute atomic E-state index is 5.91. The number of para-hydroxylation sites is 1. The minimum Gasteiger partial charge on any atom is -0.496 e. The van der Waals surface area contributed by atoms with Crippen molar-refractivity contribution in [2.75, 3.05) is 7.11 Å². The fourth-order valence-corrected chi connectivity index (χ4v) is 1.23. The molecule has 3 nitrogen and oxygen atoms in total. The van der Waals surface area contributed by atoms with Crippen molar-refractivity contribution in [3.8, 4) is 5.75 Å². The number of hydrogen-bond donors (Lipinski definition) is 2. The van der Waals surface area contributed by atoms with Gasteiger partial charge in [0.15, 0.2) is 0 Å². The molecule has 2 unspecified atom stereocenters. The number of nitrogens with two attached hydrogens (primary N) is 2. The van der Waals surface area contributed by atoms with Gasteiger partial charge in [-0.15, -0.1) is 0 Å². The lowest BCUT2D eigenvalue weighted by Crippen LogP contribution is -2.31. The normalized spacial score (nSPS) is 15.1. The lowest BCUT2D eigenvalue weighted by molar-refractivity contribution is 0.402. The summed E-state index contributed by atoms with van der Waals surface area (Å²) < 4.78 is 5.18. The third-order valence-corrected chi connectivity index (χ3v) is 2.06. The molecule has 0 fully saturated rings. The van der Waals surface area contributed by atoms with Crippen molar-refractivity contribution in [2.24, 2.45) is 11.5 Å². The van der Waals surface area contributed by atoms with E-state index in [1.807, 2.05) is 31.2 Å². The van der Waals surface area contributed by atoms with Crippen molar-refractivity contribution in [1.29, 1.82) is 0 Å². The molecular weight excluding hydrogens is 164 g/mol. The van der Waals surface area contributed by atoms with E-state index in [1.54, 1.807) is 7.11 Å². The van der Waals surface area contributed by atoms with Crippen molar-refractivity contribution in [2.45, 2.75) is 19.0 Å². The Bertz CT molecular complexity index is 273. The lowest BCUT2D eigenvalue weighted by atomic mass is 10.0. The maximum Gasteiger partial charge on any atom is 0.123 e. The van der Waals surface area contributed by atoms with Crippen LogP contribution in [0.15, 0.2) is 24.3 Å². The first-order valence-corrected chi connectivity index (χ1v) is 4.31. The summed E-state index contributed by atoms with van der Waals surface area (Å²) in [5, 5.41) is 0. The number of hydrogen-bond acceptors (Lipinski definition) is 3. The Labute approximate surface area is 78.7 Å². The highest BCUT2D eigenvalue weighted by Crippen LogP contribution is 2.24. The number of methoxy groups -OCH3 is 1. The van der Waals surface area contributed by atoms with Gasteiger partial charge in [-0.1, -0.05) is 18.2 Å². The molecule has 0 aromatic heterocycles. The predicted octanol–water partition coefficient (Wildman–Crippen LogP) is 1.04. The Balaban J connectivity index is 2.98. The smallest absolute Gasteiger partial charge is 0.123 e. The molecule has 0 heterocycles. The molecule has 0 radical (unpaired) electrons. The van der Waals surface area contributed by atoms with E-state index in [0.717, 1.165) is 11.3 Å². The molecular formula is C10H16N2O. The van der Waals surface area contributed by atoms with Crippen molar-refractivity contribution in [3.05, 3.63) is 29.8 Å². The zero-order valence-electron chi connectivity index (χ0n) is 8.03. The predicted molar refractivity (Wildman–Crippen MR) is 53.6 cm³/mol. The molecule has 1 rings (SSSR count). The van der Waals surface area contributed by atoms with Gasteiger partial charge in [0, 0.05) is 17.6 Å². The SMILES string of the molecule is COc1ccccc1C(N)C(C)N. The highest BCUT2D eigenvalue weighted by atomic mass is 16.5. The summed E-state index contributed by atoms with van der Waals surface area (Å²) in [5.41, 5.74) is 12.6. The summed E-state index contributed by atoms with van der Waals surface area (Å²) in [7, 11) is 1.63. The van der Waals surface area contributed by atoms with Crippen LogP contribution >= 0.6 is 0 Å². The molecule has 0 aliphatic carbocycles. The van der Waals surface area contributed by atoms with Crippen LogP contribution in [0.5, 0.6) is 5.75 Å². The van der Waals surface area contributed by atoms with Crippen LogP contribution < -0.4 is 16.2 Å². The monoisotopic (exact) mass is 180 g/mol. The van der Waals surface area contributed by atoms with Gasteiger partial charge in [0.1, 0.15) is 5.75 Å². The standard InChI is InChI=1S/C10H16N2O/c1-7(11)10(12)8-5-3-4-6-9(8)13-2/h3-7,10H,11-12H2,1-2H3. The topological polar surface area (TPSA) is 61.3 Å². The Kier molecular flexibility index (Phi) is 3.28. The van der Waals surface area contributed by atoms with Gasteiger partial charge < -0.3 is 16.2 Å². The largest absolute Gasteiger partial charge is 0.496 e. The van der Waals surface area contributed by atoms with Crippen molar-refractivity contribution >= 4 is 0 Å². The molecule has 13 heavy (non-hydrogen) atoms. The maximum atomic E-state index is 5.91. The zero-order valence-corrected chi connectivity index (χ0v) is 8.03. The van der Waals surface area contributed by atoms with Crippen LogP contribution in [0.25, 0.3) is 0 Å². The molecule has 1 aromatic carbocycles. The van der Waals surface area contributed by atoms with Gasteiger partial charge >= 0.3 is 0 Å². The van der Waals surface area contributed by atoms with E-state index < -0.39 is 0 Å². The molecule has 0 aliphatic heterocycles. The van der Waals surface area contributed by atoms with Crippen LogP contribution in [-0.2, 0) is 0 Å². The van der Waals surface area contributed by atoms with Crippen molar-refractivity contribution < 1.29 is 4.74 Å². The summed E-state index contributed by atoms with van der Waals surface area (Å²) in [4.78, 5) is 0. The van der Waals surface area contributed by atoms with Crippen LogP contribution in [-0.4, -0.2) is 13.2 Å². The minimum absolute atomic E-state index is 0.0729. The molecule has 1 aromatic rings. The average Bonchev–Trinajstić information content (AvgIpc) is 2.16. The van der Waals surface area contributed by atoms with Crippen LogP contribution in [0.4, 0.5) is 0 Å². The minimum atomic E-state index is -0.170. The van der Waals surface area contributed by atoms with E-state index in [9.17, 15) is 0 Å². The van der Waals surface area contributed by atoms with E-state index in [0.29, 0.717) is 0 Å². The van der Waals surface area contributed by atoms with Gasteiger partial charge in [-0.25, -0.2) is 0 Å². The van der Waals surface area contributed by atoms with Crippen LogP contribution in [0.3, 0.4) is 0 Å². The molecule has 2 atom stereocenters. The highest BCUT2D eigenvalue weighted by Gasteiger charge is 2.14. The number of rotatable bonds is 3. The van der Waals surface area contributed by atoms with Gasteiger partial charge in [0.2, 0.25) is 0 Å². The quantitative estimate of drug-likeness (QED) is 0.730. The number of benzene rings is 1. The second kappa shape index (κ2) is 4.25. The first-order chi connectivity index (χ1) is 6.16. The lowest BCUT2D eigenvalue weighted by Gasteiger charge is -2.18. The summed E-state index contributed by atoms with van der Waals surface area (Å²) in [5.74, 6) is 0.798. The second-order valence-corrected chi connectivity index (χ2v) is 3.13. The van der Waals surface area contributed by atoms with E-state index in [-0.39, 0.29) is 12.1 Å². The Hall–Kier alpha value is -1.06. The molecule has 72 valence electrons. The first kappa shape index (κ1) is 10.0. The fraction of sp³-hybridized carbons (Fsp3) is 0.400. The van der Waals surface area contributed by atoms with Gasteiger partial charge in [-0.05, 0) is 13.0 Å².